The van der Waals surface area contributed by atoms with E-state index in [0.717, 1.165) is 37.2 Å². The summed E-state index contributed by atoms with van der Waals surface area (Å²) in [6.07, 6.45) is 1.82. The molecule has 1 N–H and O–H groups in total. The molecule has 0 unspecified atom stereocenters. The van der Waals surface area contributed by atoms with Crippen LogP contribution in [0.5, 0.6) is 0 Å². The zero-order chi connectivity index (χ0) is 14.8. The van der Waals surface area contributed by atoms with Gasteiger partial charge in [0.1, 0.15) is 0 Å². The Bertz CT molecular complexity index is 802. The number of pyridine rings is 1. The highest BCUT2D eigenvalue weighted by Gasteiger charge is 2.06. The second kappa shape index (κ2) is 6.04. The van der Waals surface area contributed by atoms with Crippen molar-refractivity contribution < 1.29 is 0 Å². The molecule has 0 saturated heterocycles. The number of hydrogen-bond donors (Lipinski definition) is 1. The summed E-state index contributed by atoms with van der Waals surface area (Å²) in [6.45, 7) is 2.73. The monoisotopic (exact) mass is 360 g/mol. The van der Waals surface area contributed by atoms with Gasteiger partial charge in [-0.25, -0.2) is 0 Å². The molecule has 0 spiro atoms. The van der Waals surface area contributed by atoms with Gasteiger partial charge in [0.05, 0.1) is 5.52 Å². The Labute approximate surface area is 137 Å². The maximum absolute atomic E-state index is 6.15. The highest BCUT2D eigenvalue weighted by Crippen LogP contribution is 2.27. The lowest BCUT2D eigenvalue weighted by molar-refractivity contribution is 1.14. The molecule has 1 aromatic heterocycles. The van der Waals surface area contributed by atoms with Gasteiger partial charge in [-0.3, -0.25) is 4.98 Å². The van der Waals surface area contributed by atoms with Gasteiger partial charge in [-0.1, -0.05) is 45.7 Å². The van der Waals surface area contributed by atoms with Crippen molar-refractivity contribution >= 4 is 44.1 Å². The minimum absolute atomic E-state index is 0.710. The highest BCUT2D eigenvalue weighted by molar-refractivity contribution is 9.10. The molecular weight excluding hydrogens is 348 g/mol. The molecular formula is C17H14BrClN2. The van der Waals surface area contributed by atoms with E-state index in [1.165, 1.54) is 0 Å². The van der Waals surface area contributed by atoms with Crippen LogP contribution in [0.3, 0.4) is 0 Å². The van der Waals surface area contributed by atoms with Gasteiger partial charge in [0.25, 0.3) is 0 Å². The molecule has 0 fully saturated rings. The van der Waals surface area contributed by atoms with Gasteiger partial charge in [0.2, 0.25) is 0 Å². The van der Waals surface area contributed by atoms with Gasteiger partial charge in [0.15, 0.2) is 0 Å². The molecule has 1 heterocycles. The summed E-state index contributed by atoms with van der Waals surface area (Å²) in [5.74, 6) is 0. The molecule has 106 valence electrons. The van der Waals surface area contributed by atoms with Gasteiger partial charge in [0, 0.05) is 33.3 Å². The Kier molecular flexibility index (Phi) is 4.13. The Morgan fingerprint density at radius 1 is 1.14 bits per heavy atom. The SMILES string of the molecule is Cc1c(Cl)cccc1NCc1ccc(Br)c2cccnc12. The molecule has 0 aliphatic heterocycles. The Morgan fingerprint density at radius 3 is 2.86 bits per heavy atom. The van der Waals surface area contributed by atoms with E-state index >= 15 is 0 Å². The quantitative estimate of drug-likeness (QED) is 0.659. The van der Waals surface area contributed by atoms with Crippen molar-refractivity contribution in [3.05, 3.63) is 69.3 Å². The Balaban J connectivity index is 1.92. The van der Waals surface area contributed by atoms with Crippen LogP contribution < -0.4 is 5.32 Å². The van der Waals surface area contributed by atoms with E-state index in [1.54, 1.807) is 0 Å². The van der Waals surface area contributed by atoms with Crippen molar-refractivity contribution in [2.24, 2.45) is 0 Å². The van der Waals surface area contributed by atoms with Crippen molar-refractivity contribution in [1.82, 2.24) is 4.98 Å². The predicted molar refractivity (Wildman–Crippen MR) is 93.0 cm³/mol. The standard InChI is InChI=1S/C17H14BrClN2/c1-11-15(19)5-2-6-16(11)21-10-12-7-8-14(18)13-4-3-9-20-17(12)13/h2-9,21H,10H2,1H3. The highest BCUT2D eigenvalue weighted by atomic mass is 79.9. The minimum Gasteiger partial charge on any atom is -0.381 e. The molecule has 0 aliphatic rings. The van der Waals surface area contributed by atoms with Crippen LogP contribution in [0.4, 0.5) is 5.69 Å². The van der Waals surface area contributed by atoms with Crippen LogP contribution in [-0.4, -0.2) is 4.98 Å². The molecule has 0 bridgehead atoms. The van der Waals surface area contributed by atoms with E-state index in [1.807, 2.05) is 37.4 Å². The van der Waals surface area contributed by atoms with E-state index in [-0.39, 0.29) is 0 Å². The number of hydrogen-bond acceptors (Lipinski definition) is 2. The molecule has 4 heteroatoms. The lowest BCUT2D eigenvalue weighted by Gasteiger charge is -2.12. The molecule has 3 rings (SSSR count). The summed E-state index contributed by atoms with van der Waals surface area (Å²) >= 11 is 9.72. The first kappa shape index (κ1) is 14.4. The van der Waals surface area contributed by atoms with Gasteiger partial charge in [-0.05, 0) is 42.3 Å². The fourth-order valence-corrected chi connectivity index (χ4v) is 2.96. The summed E-state index contributed by atoms with van der Waals surface area (Å²) < 4.78 is 1.06. The van der Waals surface area contributed by atoms with Crippen LogP contribution in [0.25, 0.3) is 10.9 Å². The maximum Gasteiger partial charge on any atom is 0.0763 e. The number of benzene rings is 2. The predicted octanol–water partition coefficient (Wildman–Crippen LogP) is 5.57. The fraction of sp³-hybridized carbons (Fsp3) is 0.118. The number of halogens is 2. The summed E-state index contributed by atoms with van der Waals surface area (Å²) in [5, 5.41) is 5.34. The molecule has 0 amide bonds. The van der Waals surface area contributed by atoms with E-state index in [4.69, 9.17) is 11.6 Å². The largest absolute Gasteiger partial charge is 0.381 e. The third-order valence-electron chi connectivity index (χ3n) is 3.54. The Hall–Kier alpha value is -1.58. The molecule has 0 saturated carbocycles. The van der Waals surface area contributed by atoms with Crippen LogP contribution in [0.1, 0.15) is 11.1 Å². The maximum atomic E-state index is 6.15. The summed E-state index contributed by atoms with van der Waals surface area (Å²) in [6, 6.07) is 14.1. The summed E-state index contributed by atoms with van der Waals surface area (Å²) in [5.41, 5.74) is 4.29. The molecule has 2 nitrogen and oxygen atoms in total. The van der Waals surface area contributed by atoms with Crippen LogP contribution in [0.2, 0.25) is 5.02 Å². The van der Waals surface area contributed by atoms with Gasteiger partial charge < -0.3 is 5.32 Å². The number of nitrogens with one attached hydrogen (secondary N) is 1. The molecule has 0 aliphatic carbocycles. The number of aromatic nitrogens is 1. The van der Waals surface area contributed by atoms with Crippen LogP contribution in [0.15, 0.2) is 53.1 Å². The number of fused-ring (bicyclic) bond motifs is 1. The Morgan fingerprint density at radius 2 is 2.00 bits per heavy atom. The van der Waals surface area contributed by atoms with Gasteiger partial charge in [-0.15, -0.1) is 0 Å². The second-order valence-corrected chi connectivity index (χ2v) is 6.13. The van der Waals surface area contributed by atoms with Crippen LogP contribution >= 0.6 is 27.5 Å². The smallest absolute Gasteiger partial charge is 0.0763 e. The molecule has 0 radical (unpaired) electrons. The van der Waals surface area contributed by atoms with Gasteiger partial charge >= 0.3 is 0 Å². The second-order valence-electron chi connectivity index (χ2n) is 4.87. The first-order valence-corrected chi connectivity index (χ1v) is 7.85. The summed E-state index contributed by atoms with van der Waals surface area (Å²) in [7, 11) is 0. The molecule has 2 aromatic carbocycles. The lowest BCUT2D eigenvalue weighted by atomic mass is 10.1. The normalized spacial score (nSPS) is 10.8. The zero-order valence-electron chi connectivity index (χ0n) is 11.5. The van der Waals surface area contributed by atoms with E-state index in [0.29, 0.717) is 6.54 Å². The topological polar surface area (TPSA) is 24.9 Å². The van der Waals surface area contributed by atoms with Crippen molar-refractivity contribution in [1.29, 1.82) is 0 Å². The van der Waals surface area contributed by atoms with Crippen molar-refractivity contribution in [3.8, 4) is 0 Å². The van der Waals surface area contributed by atoms with Gasteiger partial charge in [-0.2, -0.15) is 0 Å². The van der Waals surface area contributed by atoms with E-state index in [9.17, 15) is 0 Å². The third kappa shape index (κ3) is 2.89. The first-order chi connectivity index (χ1) is 10.2. The van der Waals surface area contributed by atoms with Crippen molar-refractivity contribution in [2.45, 2.75) is 13.5 Å². The summed E-state index contributed by atoms with van der Waals surface area (Å²) in [4.78, 5) is 4.50. The van der Waals surface area contributed by atoms with Crippen molar-refractivity contribution in [2.75, 3.05) is 5.32 Å². The van der Waals surface area contributed by atoms with Crippen LogP contribution in [0, 0.1) is 6.92 Å². The number of nitrogens with zero attached hydrogens (tertiary/aromatic N) is 1. The zero-order valence-corrected chi connectivity index (χ0v) is 13.9. The van der Waals surface area contributed by atoms with E-state index < -0.39 is 0 Å². The molecule has 21 heavy (non-hydrogen) atoms. The lowest BCUT2D eigenvalue weighted by Crippen LogP contribution is -2.02. The average Bonchev–Trinajstić information content (AvgIpc) is 2.51. The van der Waals surface area contributed by atoms with Crippen LogP contribution in [-0.2, 0) is 6.54 Å². The minimum atomic E-state index is 0.710. The molecule has 3 aromatic rings. The fourth-order valence-electron chi connectivity index (χ4n) is 2.33. The van der Waals surface area contributed by atoms with Crippen molar-refractivity contribution in [3.63, 3.8) is 0 Å². The van der Waals surface area contributed by atoms with E-state index in [2.05, 4.69) is 44.4 Å². The molecule has 0 atom stereocenters. The first-order valence-electron chi connectivity index (χ1n) is 6.68. The average molecular weight is 362 g/mol. The number of rotatable bonds is 3. The number of anilines is 1. The third-order valence-corrected chi connectivity index (χ3v) is 4.64.